The largest absolute Gasteiger partial charge is 0.494 e. The quantitative estimate of drug-likeness (QED) is 0.555. The maximum absolute atomic E-state index is 5.56. The van der Waals surface area contributed by atoms with Gasteiger partial charge in [0, 0.05) is 0 Å². The van der Waals surface area contributed by atoms with Crippen LogP contribution in [0.15, 0.2) is 12.1 Å². The van der Waals surface area contributed by atoms with E-state index in [0.717, 1.165) is 0 Å². The van der Waals surface area contributed by atoms with E-state index in [9.17, 15) is 0 Å². The minimum atomic E-state index is 0.347. The van der Waals surface area contributed by atoms with Crippen LogP contribution in [0.4, 0.5) is 0 Å². The number of ether oxygens (including phenoxy) is 1. The lowest BCUT2D eigenvalue weighted by Gasteiger charge is -1.97. The van der Waals surface area contributed by atoms with Gasteiger partial charge in [-0.15, -0.1) is 0 Å². The summed E-state index contributed by atoms with van der Waals surface area (Å²) in [6, 6.07) is 3.35. The summed E-state index contributed by atoms with van der Waals surface area (Å²) in [5.41, 5.74) is 0. The highest BCUT2D eigenvalue weighted by atomic mass is 35.5. The third-order valence-corrected chi connectivity index (χ3v) is 1.17. The van der Waals surface area contributed by atoms with Crippen LogP contribution < -0.4 is 4.74 Å². The molecule has 0 aliphatic rings. The molecule has 1 aromatic heterocycles. The molecule has 2 nitrogen and oxygen atoms in total. The van der Waals surface area contributed by atoms with Gasteiger partial charge >= 0.3 is 0 Å². The van der Waals surface area contributed by atoms with Crippen molar-refractivity contribution in [1.82, 2.24) is 4.98 Å². The Kier molecular flexibility index (Phi) is 1.90. The predicted molar refractivity (Wildman–Crippen MR) is 34.6 cm³/mol. The summed E-state index contributed by atoms with van der Waals surface area (Å²) in [6.45, 7) is 0. The monoisotopic (exact) mass is 142 g/mol. The second-order valence-corrected chi connectivity index (χ2v) is 1.79. The third-order valence-electron chi connectivity index (χ3n) is 0.895. The van der Waals surface area contributed by atoms with E-state index < -0.39 is 0 Å². The highest BCUT2D eigenvalue weighted by molar-refractivity contribution is 6.30. The van der Waals surface area contributed by atoms with Crippen LogP contribution in [0.1, 0.15) is 0 Å². The number of rotatable bonds is 1. The summed E-state index contributed by atoms with van der Waals surface area (Å²) in [6.07, 6.45) is 2.57. The topological polar surface area (TPSA) is 22.1 Å². The molecule has 0 unspecified atom stereocenters. The molecule has 0 fully saturated rings. The summed E-state index contributed by atoms with van der Waals surface area (Å²) in [5, 5.41) is 0.347. The van der Waals surface area contributed by atoms with Crippen molar-refractivity contribution in [3.8, 4) is 5.75 Å². The van der Waals surface area contributed by atoms with Crippen LogP contribution in [0.25, 0.3) is 0 Å². The molecule has 0 N–H and O–H groups in total. The number of methoxy groups -OCH3 is 1. The smallest absolute Gasteiger partial charge is 0.171 e. The van der Waals surface area contributed by atoms with Crippen LogP contribution >= 0.6 is 11.6 Å². The van der Waals surface area contributed by atoms with E-state index in [1.807, 2.05) is 0 Å². The predicted octanol–water partition coefficient (Wildman–Crippen LogP) is 1.54. The van der Waals surface area contributed by atoms with E-state index >= 15 is 0 Å². The summed E-state index contributed by atoms with van der Waals surface area (Å²) in [5.74, 6) is 0.579. The van der Waals surface area contributed by atoms with Crippen molar-refractivity contribution in [3.05, 3.63) is 23.5 Å². The molecule has 1 heterocycles. The Morgan fingerprint density at radius 2 is 2.56 bits per heavy atom. The fraction of sp³-hybridized carbons (Fsp3) is 0.167. The molecule has 1 aromatic rings. The number of hydrogen-bond acceptors (Lipinski definition) is 2. The number of nitrogens with zero attached hydrogens (tertiary/aromatic N) is 1. The Balaban J connectivity index is 3.01. The summed E-state index contributed by atoms with van der Waals surface area (Å²) >= 11 is 5.56. The van der Waals surface area contributed by atoms with Crippen molar-refractivity contribution in [2.45, 2.75) is 0 Å². The van der Waals surface area contributed by atoms with Crippen molar-refractivity contribution in [2.24, 2.45) is 0 Å². The fourth-order valence-corrected chi connectivity index (χ4v) is 0.672. The molecule has 0 atom stereocenters. The number of pyridine rings is 1. The van der Waals surface area contributed by atoms with Gasteiger partial charge in [0.2, 0.25) is 0 Å². The molecule has 9 heavy (non-hydrogen) atoms. The van der Waals surface area contributed by atoms with E-state index in [1.54, 1.807) is 19.2 Å². The first-order valence-electron chi connectivity index (χ1n) is 2.41. The average molecular weight is 143 g/mol. The van der Waals surface area contributed by atoms with Gasteiger partial charge in [0.05, 0.1) is 13.3 Å². The lowest BCUT2D eigenvalue weighted by atomic mass is 10.5. The molecule has 1 radical (unpaired) electrons. The second kappa shape index (κ2) is 2.69. The molecule has 0 aliphatic heterocycles. The van der Waals surface area contributed by atoms with E-state index in [4.69, 9.17) is 16.3 Å². The Hall–Kier alpha value is -0.760. The van der Waals surface area contributed by atoms with Gasteiger partial charge in [-0.3, -0.25) is 0 Å². The molecule has 0 saturated carbocycles. The highest BCUT2D eigenvalue weighted by Crippen LogP contribution is 2.18. The first-order chi connectivity index (χ1) is 4.34. The summed E-state index contributed by atoms with van der Waals surface area (Å²) < 4.78 is 4.83. The van der Waals surface area contributed by atoms with Gasteiger partial charge in [-0.2, -0.15) is 0 Å². The lowest BCUT2D eigenvalue weighted by Crippen LogP contribution is -1.84. The molecule has 47 valence electrons. The number of aromatic nitrogens is 1. The Bertz CT molecular complexity index is 202. The van der Waals surface area contributed by atoms with Gasteiger partial charge in [0.15, 0.2) is 10.9 Å². The molecule has 0 amide bonds. The molecule has 0 bridgehead atoms. The lowest BCUT2D eigenvalue weighted by molar-refractivity contribution is 0.413. The van der Waals surface area contributed by atoms with Crippen LogP contribution in [0, 0.1) is 6.20 Å². The zero-order valence-electron chi connectivity index (χ0n) is 4.89. The van der Waals surface area contributed by atoms with E-state index in [0.29, 0.717) is 10.9 Å². The standard InChI is InChI=1S/C6H5ClNO/c1-9-5-3-2-4-8-6(5)7/h2-3H,1H3. The maximum atomic E-state index is 5.56. The number of halogens is 1. The van der Waals surface area contributed by atoms with Crippen LogP contribution in [0.2, 0.25) is 5.15 Å². The van der Waals surface area contributed by atoms with Crippen LogP contribution in [-0.2, 0) is 0 Å². The molecular formula is C6H5ClNO. The van der Waals surface area contributed by atoms with Gasteiger partial charge in [-0.1, -0.05) is 11.6 Å². The SMILES string of the molecule is COc1cc[c]nc1Cl. The zero-order chi connectivity index (χ0) is 6.69. The van der Waals surface area contributed by atoms with Crippen molar-refractivity contribution >= 4 is 11.6 Å². The average Bonchev–Trinajstić information content (AvgIpc) is 1.89. The minimum absolute atomic E-state index is 0.347. The van der Waals surface area contributed by atoms with Crippen LogP contribution in [-0.4, -0.2) is 12.1 Å². The summed E-state index contributed by atoms with van der Waals surface area (Å²) in [4.78, 5) is 3.67. The highest BCUT2D eigenvalue weighted by Gasteiger charge is 1.95. The Labute approximate surface area is 58.4 Å². The molecule has 1 rings (SSSR count). The van der Waals surface area contributed by atoms with Crippen molar-refractivity contribution in [1.29, 1.82) is 0 Å². The summed E-state index contributed by atoms with van der Waals surface area (Å²) in [7, 11) is 1.54. The van der Waals surface area contributed by atoms with E-state index in [2.05, 4.69) is 11.2 Å². The number of hydrogen-bond donors (Lipinski definition) is 0. The first kappa shape index (κ1) is 6.36. The zero-order valence-corrected chi connectivity index (χ0v) is 5.64. The van der Waals surface area contributed by atoms with Crippen LogP contribution in [0.3, 0.4) is 0 Å². The van der Waals surface area contributed by atoms with E-state index in [1.165, 1.54) is 0 Å². The fourth-order valence-electron chi connectivity index (χ4n) is 0.483. The van der Waals surface area contributed by atoms with Gasteiger partial charge < -0.3 is 4.74 Å². The van der Waals surface area contributed by atoms with Crippen LogP contribution in [0.5, 0.6) is 5.75 Å². The normalized spacial score (nSPS) is 9.11. The van der Waals surface area contributed by atoms with Crippen molar-refractivity contribution in [3.63, 3.8) is 0 Å². The molecule has 0 aliphatic carbocycles. The van der Waals surface area contributed by atoms with Crippen molar-refractivity contribution < 1.29 is 4.74 Å². The second-order valence-electron chi connectivity index (χ2n) is 1.43. The van der Waals surface area contributed by atoms with Crippen molar-refractivity contribution in [2.75, 3.05) is 7.11 Å². The van der Waals surface area contributed by atoms with Gasteiger partial charge in [0.25, 0.3) is 0 Å². The molecule has 3 heteroatoms. The molecular weight excluding hydrogens is 138 g/mol. The minimum Gasteiger partial charge on any atom is -0.494 e. The van der Waals surface area contributed by atoms with Gasteiger partial charge in [-0.05, 0) is 12.1 Å². The Morgan fingerprint density at radius 3 is 3.00 bits per heavy atom. The third kappa shape index (κ3) is 1.33. The van der Waals surface area contributed by atoms with Gasteiger partial charge in [0.1, 0.15) is 0 Å². The molecule has 0 aromatic carbocycles. The molecule has 0 saturated heterocycles. The first-order valence-corrected chi connectivity index (χ1v) is 2.79. The van der Waals surface area contributed by atoms with Gasteiger partial charge in [-0.25, -0.2) is 4.98 Å². The maximum Gasteiger partial charge on any atom is 0.171 e. The van der Waals surface area contributed by atoms with E-state index in [-0.39, 0.29) is 0 Å². The molecule has 0 spiro atoms. The Morgan fingerprint density at radius 1 is 1.78 bits per heavy atom.